The molecule has 2 aromatic rings. The summed E-state index contributed by atoms with van der Waals surface area (Å²) in [6.07, 6.45) is 4.15. The molecular weight excluding hydrogens is 348 g/mol. The normalized spacial score (nSPS) is 20.0. The molecule has 2 aliphatic rings. The number of aromatic nitrogens is 1. The standard InChI is InChI=1S/C15H18F2N2.C6H11NO/c1-18(12-6-7-12)8-11-9-19(10-15(16)17)14-5-3-2-4-13(11)14;1-2-6-5-7-3-4-8-6/h2-5,9,12,15H,6-8,10H2,1H3;2,6-7H,1,3-5H2. The highest BCUT2D eigenvalue weighted by molar-refractivity contribution is 5.83. The van der Waals surface area contributed by atoms with Gasteiger partial charge in [0.05, 0.1) is 19.3 Å². The van der Waals surface area contributed by atoms with E-state index in [0.717, 1.165) is 42.7 Å². The molecule has 1 saturated heterocycles. The van der Waals surface area contributed by atoms with Crippen molar-refractivity contribution in [1.82, 2.24) is 14.8 Å². The van der Waals surface area contributed by atoms with E-state index in [-0.39, 0.29) is 12.6 Å². The molecule has 1 aromatic heterocycles. The molecule has 1 N–H and O–H groups in total. The minimum atomic E-state index is -2.31. The number of halogens is 2. The summed E-state index contributed by atoms with van der Waals surface area (Å²) in [5, 5.41) is 4.28. The van der Waals surface area contributed by atoms with E-state index >= 15 is 0 Å². The minimum absolute atomic E-state index is 0.229. The molecule has 2 heterocycles. The third-order valence-electron chi connectivity index (χ3n) is 5.01. The summed E-state index contributed by atoms with van der Waals surface area (Å²) in [7, 11) is 2.11. The van der Waals surface area contributed by atoms with Crippen LogP contribution in [0.3, 0.4) is 0 Å². The Morgan fingerprint density at radius 2 is 2.15 bits per heavy atom. The average Bonchev–Trinajstić information content (AvgIpc) is 3.48. The lowest BCUT2D eigenvalue weighted by Gasteiger charge is -2.19. The minimum Gasteiger partial charge on any atom is -0.372 e. The van der Waals surface area contributed by atoms with E-state index in [9.17, 15) is 8.78 Å². The van der Waals surface area contributed by atoms with Crippen LogP contribution in [-0.2, 0) is 17.8 Å². The highest BCUT2D eigenvalue weighted by atomic mass is 19.3. The zero-order valence-corrected chi connectivity index (χ0v) is 15.9. The fourth-order valence-corrected chi connectivity index (χ4v) is 3.40. The van der Waals surface area contributed by atoms with Gasteiger partial charge in [-0.15, -0.1) is 6.58 Å². The van der Waals surface area contributed by atoms with Crippen LogP contribution in [0.2, 0.25) is 0 Å². The Hall–Kier alpha value is -1.76. The molecule has 1 saturated carbocycles. The molecule has 1 unspecified atom stereocenters. The average molecular weight is 377 g/mol. The summed E-state index contributed by atoms with van der Waals surface area (Å²) in [5.41, 5.74) is 2.05. The number of hydrogen-bond donors (Lipinski definition) is 1. The van der Waals surface area contributed by atoms with Gasteiger partial charge in [-0.25, -0.2) is 8.78 Å². The smallest absolute Gasteiger partial charge is 0.256 e. The van der Waals surface area contributed by atoms with Crippen LogP contribution in [0, 0.1) is 0 Å². The molecule has 2 fully saturated rings. The SMILES string of the molecule is C=CC1CNCCO1.CN(Cc1cn(CC(F)F)c2ccccc12)C1CC1. The Balaban J connectivity index is 0.000000221. The number of ether oxygens (including phenoxy) is 1. The number of hydrogen-bond acceptors (Lipinski definition) is 3. The maximum atomic E-state index is 12.6. The number of nitrogens with one attached hydrogen (secondary N) is 1. The van der Waals surface area contributed by atoms with Crippen molar-refractivity contribution in [2.45, 2.75) is 44.5 Å². The molecule has 0 amide bonds. The topological polar surface area (TPSA) is 29.4 Å². The van der Waals surface area contributed by atoms with Crippen LogP contribution in [0.15, 0.2) is 43.1 Å². The summed E-state index contributed by atoms with van der Waals surface area (Å²) in [4.78, 5) is 2.31. The first-order chi connectivity index (χ1) is 13.1. The fourth-order valence-electron chi connectivity index (χ4n) is 3.40. The van der Waals surface area contributed by atoms with Crippen LogP contribution in [0.25, 0.3) is 10.9 Å². The van der Waals surface area contributed by atoms with Gasteiger partial charge in [-0.3, -0.25) is 4.90 Å². The molecule has 1 atom stereocenters. The van der Waals surface area contributed by atoms with Crippen molar-refractivity contribution in [3.05, 3.63) is 48.7 Å². The van der Waals surface area contributed by atoms with Gasteiger partial charge >= 0.3 is 0 Å². The van der Waals surface area contributed by atoms with Gasteiger partial charge < -0.3 is 14.6 Å². The first-order valence-electron chi connectivity index (χ1n) is 9.58. The molecule has 27 heavy (non-hydrogen) atoms. The van der Waals surface area contributed by atoms with E-state index in [1.807, 2.05) is 36.5 Å². The largest absolute Gasteiger partial charge is 0.372 e. The van der Waals surface area contributed by atoms with E-state index in [0.29, 0.717) is 6.04 Å². The highest BCUT2D eigenvalue weighted by Gasteiger charge is 2.26. The zero-order valence-electron chi connectivity index (χ0n) is 15.9. The summed E-state index contributed by atoms with van der Waals surface area (Å²) in [6.45, 7) is 6.94. The lowest BCUT2D eigenvalue weighted by Crippen LogP contribution is -2.37. The van der Waals surface area contributed by atoms with Gasteiger partial charge in [0.2, 0.25) is 0 Å². The quantitative estimate of drug-likeness (QED) is 0.779. The third-order valence-corrected chi connectivity index (χ3v) is 5.01. The van der Waals surface area contributed by atoms with Gasteiger partial charge in [-0.2, -0.15) is 0 Å². The van der Waals surface area contributed by atoms with Crippen LogP contribution in [0.4, 0.5) is 8.78 Å². The molecule has 148 valence electrons. The van der Waals surface area contributed by atoms with Crippen LogP contribution < -0.4 is 5.32 Å². The first kappa shape index (κ1) is 20.0. The second kappa shape index (κ2) is 9.44. The Morgan fingerprint density at radius 1 is 1.37 bits per heavy atom. The second-order valence-corrected chi connectivity index (χ2v) is 7.21. The number of rotatable bonds is 6. The third kappa shape index (κ3) is 5.61. The molecule has 0 spiro atoms. The fraction of sp³-hybridized carbons (Fsp3) is 0.524. The predicted molar refractivity (Wildman–Crippen MR) is 105 cm³/mol. The number of fused-ring (bicyclic) bond motifs is 1. The van der Waals surface area contributed by atoms with Crippen molar-refractivity contribution in [2.75, 3.05) is 26.7 Å². The lowest BCUT2D eigenvalue weighted by molar-refractivity contribution is 0.0594. The van der Waals surface area contributed by atoms with Crippen molar-refractivity contribution >= 4 is 10.9 Å². The molecule has 1 aliphatic heterocycles. The van der Waals surface area contributed by atoms with Crippen molar-refractivity contribution in [2.24, 2.45) is 0 Å². The van der Waals surface area contributed by atoms with Gasteiger partial charge in [0.15, 0.2) is 0 Å². The lowest BCUT2D eigenvalue weighted by atomic mass is 10.1. The molecule has 4 rings (SSSR count). The van der Waals surface area contributed by atoms with Crippen molar-refractivity contribution < 1.29 is 13.5 Å². The van der Waals surface area contributed by atoms with E-state index in [1.54, 1.807) is 4.57 Å². The van der Waals surface area contributed by atoms with E-state index in [2.05, 4.69) is 23.8 Å². The Bertz CT molecular complexity index is 736. The molecule has 0 radical (unpaired) electrons. The van der Waals surface area contributed by atoms with E-state index < -0.39 is 6.43 Å². The summed E-state index contributed by atoms with van der Waals surface area (Å²) in [6, 6.07) is 8.48. The first-order valence-corrected chi connectivity index (χ1v) is 9.58. The Kier molecular flexibility index (Phi) is 6.99. The number of nitrogens with zero attached hydrogens (tertiary/aromatic N) is 2. The molecule has 1 aromatic carbocycles. The van der Waals surface area contributed by atoms with E-state index in [4.69, 9.17) is 4.74 Å². The zero-order chi connectivity index (χ0) is 19.2. The predicted octanol–water partition coefficient (Wildman–Crippen LogP) is 3.66. The Labute approximate surface area is 159 Å². The highest BCUT2D eigenvalue weighted by Crippen LogP contribution is 2.29. The molecule has 6 heteroatoms. The van der Waals surface area contributed by atoms with Crippen molar-refractivity contribution in [1.29, 1.82) is 0 Å². The maximum absolute atomic E-state index is 12.6. The number of benzene rings is 1. The van der Waals surface area contributed by atoms with Gasteiger partial charge in [-0.1, -0.05) is 24.3 Å². The van der Waals surface area contributed by atoms with Crippen LogP contribution in [0.1, 0.15) is 18.4 Å². The van der Waals surface area contributed by atoms with Crippen LogP contribution >= 0.6 is 0 Å². The number of para-hydroxylation sites is 1. The molecular formula is C21H29F2N3O. The van der Waals surface area contributed by atoms with Crippen LogP contribution in [-0.4, -0.2) is 54.8 Å². The van der Waals surface area contributed by atoms with Gasteiger partial charge in [-0.05, 0) is 31.5 Å². The van der Waals surface area contributed by atoms with Crippen LogP contribution in [0.5, 0.6) is 0 Å². The summed E-state index contributed by atoms with van der Waals surface area (Å²) in [5.74, 6) is 0. The van der Waals surface area contributed by atoms with Crippen molar-refractivity contribution in [3.63, 3.8) is 0 Å². The Morgan fingerprint density at radius 3 is 2.74 bits per heavy atom. The maximum Gasteiger partial charge on any atom is 0.256 e. The monoisotopic (exact) mass is 377 g/mol. The van der Waals surface area contributed by atoms with Gasteiger partial charge in [0.25, 0.3) is 6.43 Å². The summed E-state index contributed by atoms with van der Waals surface area (Å²) < 4.78 is 32.2. The van der Waals surface area contributed by atoms with Gasteiger partial charge in [0.1, 0.15) is 0 Å². The number of alkyl halides is 2. The van der Waals surface area contributed by atoms with E-state index in [1.165, 1.54) is 12.8 Å². The molecule has 4 nitrogen and oxygen atoms in total. The van der Waals surface area contributed by atoms with Crippen molar-refractivity contribution in [3.8, 4) is 0 Å². The summed E-state index contributed by atoms with van der Waals surface area (Å²) >= 11 is 0. The second-order valence-electron chi connectivity index (χ2n) is 7.21. The molecule has 1 aliphatic carbocycles. The number of morpholine rings is 1. The molecule has 0 bridgehead atoms. The van der Waals surface area contributed by atoms with Gasteiger partial charge in [0, 0.05) is 42.8 Å².